The molecule has 4 N–H and O–H groups in total. The van der Waals surface area contributed by atoms with Crippen LogP contribution >= 0.6 is 0 Å². The van der Waals surface area contributed by atoms with Crippen molar-refractivity contribution < 1.29 is 18.7 Å². The van der Waals surface area contributed by atoms with Crippen LogP contribution in [-0.4, -0.2) is 30.5 Å². The molecule has 0 spiro atoms. The molecule has 0 saturated heterocycles. The van der Waals surface area contributed by atoms with Crippen molar-refractivity contribution in [3.63, 3.8) is 0 Å². The summed E-state index contributed by atoms with van der Waals surface area (Å²) in [6.45, 7) is 8.00. The van der Waals surface area contributed by atoms with Gasteiger partial charge in [-0.25, -0.2) is 9.18 Å². The minimum absolute atomic E-state index is 0.00666. The van der Waals surface area contributed by atoms with Crippen LogP contribution in [0.15, 0.2) is 79.0 Å². The van der Waals surface area contributed by atoms with Crippen LogP contribution in [0.2, 0.25) is 0 Å². The average Bonchev–Trinajstić information content (AvgIpc) is 2.84. The fourth-order valence-electron chi connectivity index (χ4n) is 3.21. The Kier molecular flexibility index (Phi) is 8.77. The molecule has 0 aliphatic carbocycles. The number of aromatic nitrogens is 1. The number of hydrogen-bond acceptors (Lipinski definition) is 5. The number of nitrogens with zero attached hydrogens (tertiary/aromatic N) is 1. The lowest BCUT2D eigenvalue weighted by Crippen LogP contribution is -2.23. The summed E-state index contributed by atoms with van der Waals surface area (Å²) in [5.41, 5.74) is 2.93. The topological polar surface area (TPSA) is 104 Å². The number of urea groups is 1. The molecule has 0 aliphatic heterocycles. The molecule has 9 heteroatoms. The molecule has 0 radical (unpaired) electrons. The minimum atomic E-state index is -0.657. The van der Waals surface area contributed by atoms with Crippen molar-refractivity contribution in [2.75, 3.05) is 24.2 Å². The Morgan fingerprint density at radius 3 is 2.56 bits per heavy atom. The van der Waals surface area contributed by atoms with Crippen molar-refractivity contribution in [2.24, 2.45) is 0 Å². The zero-order chi connectivity index (χ0) is 26.1. The fourth-order valence-corrected chi connectivity index (χ4v) is 3.21. The van der Waals surface area contributed by atoms with Crippen LogP contribution in [0.1, 0.15) is 18.2 Å². The number of halogens is 1. The molecule has 3 rings (SSSR count). The predicted octanol–water partition coefficient (Wildman–Crippen LogP) is 5.22. The van der Waals surface area contributed by atoms with Crippen molar-refractivity contribution in [3.05, 3.63) is 96.1 Å². The number of aryl methyl sites for hydroxylation is 1. The number of pyridine rings is 1. The summed E-state index contributed by atoms with van der Waals surface area (Å²) in [6.07, 6.45) is 3.12. The van der Waals surface area contributed by atoms with E-state index >= 15 is 0 Å². The van der Waals surface area contributed by atoms with Gasteiger partial charge in [-0.1, -0.05) is 18.7 Å². The average molecular weight is 490 g/mol. The van der Waals surface area contributed by atoms with Gasteiger partial charge in [0.1, 0.15) is 17.3 Å². The zero-order valence-corrected chi connectivity index (χ0v) is 20.3. The van der Waals surface area contributed by atoms with Crippen LogP contribution in [0.25, 0.3) is 5.70 Å². The summed E-state index contributed by atoms with van der Waals surface area (Å²) in [4.78, 5) is 28.5. The Morgan fingerprint density at radius 1 is 1.08 bits per heavy atom. The Bertz CT molecular complexity index is 1310. The standard InChI is InChI=1S/C27H28FN5O3/c1-5-30-26(34)18(3)14-24(29-4)25-16-21(11-12-31-25)36-20-9-10-23(22(28)15-20)33-27(35)32-19-8-6-7-17(2)13-19/h6-16,29H,3,5H2,1-2,4H3,(H,30,34)(H2,32,33,35)/b24-14-. The van der Waals surface area contributed by atoms with Gasteiger partial charge in [0.05, 0.1) is 17.1 Å². The number of amides is 3. The first-order chi connectivity index (χ1) is 17.3. The number of rotatable bonds is 9. The summed E-state index contributed by atoms with van der Waals surface area (Å²) < 4.78 is 20.4. The van der Waals surface area contributed by atoms with E-state index in [-0.39, 0.29) is 22.9 Å². The van der Waals surface area contributed by atoms with E-state index in [0.29, 0.717) is 29.4 Å². The number of carbonyl (C=O) groups excluding carboxylic acids is 2. The summed E-state index contributed by atoms with van der Waals surface area (Å²) in [5, 5.41) is 10.8. The Balaban J connectivity index is 1.69. The molecule has 0 fully saturated rings. The first-order valence-electron chi connectivity index (χ1n) is 11.2. The van der Waals surface area contributed by atoms with Gasteiger partial charge in [-0.05, 0) is 55.8 Å². The van der Waals surface area contributed by atoms with E-state index in [0.717, 1.165) is 5.56 Å². The molecule has 0 saturated carbocycles. The van der Waals surface area contributed by atoms with Crippen LogP contribution in [0.5, 0.6) is 11.5 Å². The third kappa shape index (κ3) is 7.17. The minimum Gasteiger partial charge on any atom is -0.457 e. The van der Waals surface area contributed by atoms with Crippen molar-refractivity contribution in [1.82, 2.24) is 15.6 Å². The third-order valence-electron chi connectivity index (χ3n) is 4.92. The number of hydrogen-bond donors (Lipinski definition) is 4. The maximum Gasteiger partial charge on any atom is 0.323 e. The molecule has 0 atom stereocenters. The highest BCUT2D eigenvalue weighted by Gasteiger charge is 2.11. The second kappa shape index (κ2) is 12.2. The summed E-state index contributed by atoms with van der Waals surface area (Å²) >= 11 is 0. The molecule has 0 aliphatic rings. The first-order valence-corrected chi connectivity index (χ1v) is 11.2. The highest BCUT2D eigenvalue weighted by Crippen LogP contribution is 2.27. The van der Waals surface area contributed by atoms with Gasteiger partial charge in [0.25, 0.3) is 5.91 Å². The number of carbonyl (C=O) groups is 2. The van der Waals surface area contributed by atoms with Gasteiger partial charge in [-0.2, -0.15) is 0 Å². The summed E-state index contributed by atoms with van der Waals surface area (Å²) in [5.74, 6) is -0.303. The van der Waals surface area contributed by atoms with Gasteiger partial charge in [0.2, 0.25) is 0 Å². The van der Waals surface area contributed by atoms with Crippen LogP contribution < -0.4 is 26.0 Å². The molecule has 1 aromatic heterocycles. The van der Waals surface area contributed by atoms with Gasteiger partial charge < -0.3 is 26.0 Å². The van der Waals surface area contributed by atoms with E-state index in [1.54, 1.807) is 37.4 Å². The van der Waals surface area contributed by atoms with E-state index in [1.807, 2.05) is 26.0 Å². The molecule has 36 heavy (non-hydrogen) atoms. The van der Waals surface area contributed by atoms with E-state index < -0.39 is 11.8 Å². The lowest BCUT2D eigenvalue weighted by atomic mass is 10.2. The SMILES string of the molecule is C=C(/C=C(\NC)c1cc(Oc2ccc(NC(=O)Nc3cccc(C)c3)c(F)c2)ccn1)C(=O)NCC. The lowest BCUT2D eigenvalue weighted by molar-refractivity contribution is -0.117. The second-order valence-corrected chi connectivity index (χ2v) is 7.76. The number of nitrogens with one attached hydrogen (secondary N) is 4. The maximum atomic E-state index is 14.7. The fraction of sp³-hybridized carbons (Fsp3) is 0.148. The summed E-state index contributed by atoms with van der Waals surface area (Å²) in [7, 11) is 1.70. The van der Waals surface area contributed by atoms with Crippen LogP contribution in [0.3, 0.4) is 0 Å². The molecule has 0 bridgehead atoms. The molecule has 1 heterocycles. The largest absolute Gasteiger partial charge is 0.457 e. The molecular formula is C27H28FN5O3. The number of benzene rings is 2. The molecule has 3 aromatic rings. The molecule has 3 amide bonds. The van der Waals surface area contributed by atoms with Gasteiger partial charge in [0, 0.05) is 43.2 Å². The zero-order valence-electron chi connectivity index (χ0n) is 20.3. The van der Waals surface area contributed by atoms with Gasteiger partial charge in [0.15, 0.2) is 0 Å². The van der Waals surface area contributed by atoms with Crippen molar-refractivity contribution >= 4 is 29.0 Å². The molecular weight excluding hydrogens is 461 g/mol. The number of ether oxygens (including phenoxy) is 1. The highest BCUT2D eigenvalue weighted by molar-refractivity contribution is 6.00. The molecule has 2 aromatic carbocycles. The van der Waals surface area contributed by atoms with E-state index in [4.69, 9.17) is 4.74 Å². The maximum absolute atomic E-state index is 14.7. The molecule has 8 nitrogen and oxygen atoms in total. The van der Waals surface area contributed by atoms with Crippen LogP contribution in [-0.2, 0) is 4.79 Å². The number of anilines is 2. The normalized spacial score (nSPS) is 10.8. The first kappa shape index (κ1) is 26.0. The number of likely N-dealkylation sites (N-methyl/N-ethyl adjacent to an activating group) is 1. The van der Waals surface area contributed by atoms with Crippen molar-refractivity contribution in [3.8, 4) is 11.5 Å². The van der Waals surface area contributed by atoms with Crippen LogP contribution in [0.4, 0.5) is 20.6 Å². The van der Waals surface area contributed by atoms with E-state index in [9.17, 15) is 14.0 Å². The van der Waals surface area contributed by atoms with Crippen molar-refractivity contribution in [1.29, 1.82) is 0 Å². The molecule has 186 valence electrons. The molecule has 0 unspecified atom stereocenters. The van der Waals surface area contributed by atoms with Crippen LogP contribution in [0, 0.1) is 12.7 Å². The van der Waals surface area contributed by atoms with Gasteiger partial charge in [-0.15, -0.1) is 0 Å². The lowest BCUT2D eigenvalue weighted by Gasteiger charge is -2.12. The highest BCUT2D eigenvalue weighted by atomic mass is 19.1. The predicted molar refractivity (Wildman–Crippen MR) is 139 cm³/mol. The second-order valence-electron chi connectivity index (χ2n) is 7.76. The monoisotopic (exact) mass is 489 g/mol. The van der Waals surface area contributed by atoms with Crippen molar-refractivity contribution in [2.45, 2.75) is 13.8 Å². The quantitative estimate of drug-likeness (QED) is 0.244. The van der Waals surface area contributed by atoms with E-state index in [2.05, 4.69) is 32.8 Å². The Labute approximate surface area is 209 Å². The third-order valence-corrected chi connectivity index (χ3v) is 4.92. The Hall–Kier alpha value is -4.66. The smallest absolute Gasteiger partial charge is 0.323 e. The van der Waals surface area contributed by atoms with E-state index in [1.165, 1.54) is 24.4 Å². The van der Waals surface area contributed by atoms with Gasteiger partial charge in [-0.3, -0.25) is 9.78 Å². The summed E-state index contributed by atoms with van der Waals surface area (Å²) in [6, 6.07) is 14.1. The Morgan fingerprint density at radius 2 is 1.86 bits per heavy atom. The van der Waals surface area contributed by atoms with Gasteiger partial charge >= 0.3 is 6.03 Å².